The fourth-order valence-electron chi connectivity index (χ4n) is 1.04. The van der Waals surface area contributed by atoms with Crippen LogP contribution in [0.1, 0.15) is 27.7 Å². The van der Waals surface area contributed by atoms with Gasteiger partial charge in [0.2, 0.25) is 0 Å². The van der Waals surface area contributed by atoms with Crippen LogP contribution in [-0.4, -0.2) is 67.1 Å². The fraction of sp³-hybridized carbons (Fsp3) is 0.750. The molecule has 0 rings (SSSR count). The van der Waals surface area contributed by atoms with E-state index >= 15 is 0 Å². The van der Waals surface area contributed by atoms with Crippen LogP contribution in [0, 0.1) is 0 Å². The zero-order valence-corrected chi connectivity index (χ0v) is 10.5. The summed E-state index contributed by atoms with van der Waals surface area (Å²) in [7, 11) is 0. The SMILES string of the molecule is CC(C)N(C(O)=S)C(C)C.NC(O)=S.[NaH]. The molecule has 0 aliphatic rings. The second kappa shape index (κ2) is 10.9. The third kappa shape index (κ3) is 14.4. The number of rotatable bonds is 2. The maximum absolute atomic E-state index is 9.01. The van der Waals surface area contributed by atoms with E-state index in [-0.39, 0.29) is 46.8 Å². The van der Waals surface area contributed by atoms with E-state index in [4.69, 9.17) is 10.2 Å². The number of aliphatic hydroxyl groups excluding tert-OH is 2. The van der Waals surface area contributed by atoms with E-state index < -0.39 is 5.17 Å². The molecular weight excluding hydrogens is 243 g/mol. The molecule has 0 amide bonds. The van der Waals surface area contributed by atoms with Gasteiger partial charge in [-0.15, -0.1) is 0 Å². The standard InChI is InChI=1S/C7H15NOS.CH3NOS.Na.H/c1-5(2)8(6(3)4)7(9)10;2-1(3)4;;/h5-6H,1-4H3,(H,9,10);(H3,2,3,4);;. The van der Waals surface area contributed by atoms with Gasteiger partial charge < -0.3 is 20.8 Å². The zero-order valence-electron chi connectivity index (χ0n) is 8.89. The first kappa shape index (κ1) is 20.8. The third-order valence-electron chi connectivity index (χ3n) is 1.33. The first-order valence-corrected chi connectivity index (χ1v) is 5.01. The van der Waals surface area contributed by atoms with Crippen molar-refractivity contribution in [2.45, 2.75) is 39.8 Å². The topological polar surface area (TPSA) is 69.7 Å². The van der Waals surface area contributed by atoms with Crippen LogP contribution >= 0.6 is 24.4 Å². The van der Waals surface area contributed by atoms with Crippen LogP contribution in [-0.2, 0) is 0 Å². The van der Waals surface area contributed by atoms with Gasteiger partial charge in [0.25, 0.3) is 10.3 Å². The molecule has 0 spiro atoms. The van der Waals surface area contributed by atoms with Gasteiger partial charge in [-0.3, -0.25) is 0 Å². The quantitative estimate of drug-likeness (QED) is 0.511. The Labute approximate surface area is 124 Å². The predicted molar refractivity (Wildman–Crippen MR) is 73.9 cm³/mol. The van der Waals surface area contributed by atoms with Gasteiger partial charge in [0.1, 0.15) is 0 Å². The van der Waals surface area contributed by atoms with E-state index in [2.05, 4.69) is 30.2 Å². The monoisotopic (exact) mass is 262 g/mol. The molecule has 0 aromatic heterocycles. The molecule has 4 nitrogen and oxygen atoms in total. The van der Waals surface area contributed by atoms with Crippen molar-refractivity contribution in [3.05, 3.63) is 0 Å². The molecule has 0 aromatic rings. The summed E-state index contributed by atoms with van der Waals surface area (Å²) in [6.07, 6.45) is 0. The number of nitrogens with two attached hydrogens (primary N) is 1. The van der Waals surface area contributed by atoms with Gasteiger partial charge in [-0.1, -0.05) is 0 Å². The Kier molecular flexibility index (Phi) is 15.1. The number of hydrogen-bond acceptors (Lipinski definition) is 2. The minimum absolute atomic E-state index is 0. The molecule has 0 saturated carbocycles. The van der Waals surface area contributed by atoms with Gasteiger partial charge in [-0.2, -0.15) is 0 Å². The van der Waals surface area contributed by atoms with Crippen molar-refractivity contribution >= 4 is 64.3 Å². The van der Waals surface area contributed by atoms with Crippen molar-refractivity contribution in [3.8, 4) is 0 Å². The van der Waals surface area contributed by atoms with Crippen molar-refractivity contribution in [3.63, 3.8) is 0 Å². The summed E-state index contributed by atoms with van der Waals surface area (Å²) in [5.41, 5.74) is 4.40. The van der Waals surface area contributed by atoms with Crippen molar-refractivity contribution in [2.24, 2.45) is 5.73 Å². The Balaban J connectivity index is -0.000000249. The van der Waals surface area contributed by atoms with Gasteiger partial charge >= 0.3 is 29.6 Å². The van der Waals surface area contributed by atoms with E-state index in [1.165, 1.54) is 0 Å². The summed E-state index contributed by atoms with van der Waals surface area (Å²) in [5.74, 6) is 0. The van der Waals surface area contributed by atoms with Crippen LogP contribution in [0.2, 0.25) is 0 Å². The summed E-state index contributed by atoms with van der Waals surface area (Å²) in [6, 6.07) is 0.551. The summed E-state index contributed by atoms with van der Waals surface area (Å²) in [6.45, 7) is 8.01. The normalized spacial score (nSPS) is 8.67. The summed E-state index contributed by atoms with van der Waals surface area (Å²) in [4.78, 5) is 1.79. The molecule has 0 aliphatic heterocycles. The second-order valence-electron chi connectivity index (χ2n) is 3.22. The molecule has 4 N–H and O–H groups in total. The zero-order chi connectivity index (χ0) is 11.9. The predicted octanol–water partition coefficient (Wildman–Crippen LogP) is 1.09. The van der Waals surface area contributed by atoms with Crippen LogP contribution in [0.25, 0.3) is 0 Å². The molecule has 0 unspecified atom stereocenters. The molecule has 7 heteroatoms. The molecule has 15 heavy (non-hydrogen) atoms. The first-order chi connectivity index (χ1) is 6.20. The van der Waals surface area contributed by atoms with E-state index in [9.17, 15) is 0 Å². The van der Waals surface area contributed by atoms with Gasteiger partial charge in [0.05, 0.1) is 0 Å². The van der Waals surface area contributed by atoms with Crippen LogP contribution in [0.4, 0.5) is 0 Å². The molecule has 86 valence electrons. The second-order valence-corrected chi connectivity index (χ2v) is 4.00. The number of nitrogens with zero attached hydrogens (tertiary/aromatic N) is 1. The van der Waals surface area contributed by atoms with Crippen molar-refractivity contribution in [1.82, 2.24) is 4.90 Å². The first-order valence-electron chi connectivity index (χ1n) is 4.19. The van der Waals surface area contributed by atoms with Gasteiger partial charge in [0.15, 0.2) is 0 Å². The van der Waals surface area contributed by atoms with Gasteiger partial charge in [0, 0.05) is 12.1 Å². The van der Waals surface area contributed by atoms with E-state index in [1.807, 2.05) is 27.7 Å². The summed E-state index contributed by atoms with van der Waals surface area (Å²) in [5, 5.41) is 16.1. The van der Waals surface area contributed by atoms with Crippen LogP contribution in [0.15, 0.2) is 0 Å². The Hall–Kier alpha value is 0.380. The Morgan fingerprint density at radius 2 is 1.27 bits per heavy atom. The number of hydrogen-bond donors (Lipinski definition) is 3. The van der Waals surface area contributed by atoms with Crippen LogP contribution in [0.5, 0.6) is 0 Å². The Morgan fingerprint density at radius 1 is 1.07 bits per heavy atom. The van der Waals surface area contributed by atoms with E-state index in [0.717, 1.165) is 0 Å². The maximum atomic E-state index is 9.01. The molecular formula is C8H19N2NaO2S2. The molecule has 0 radical (unpaired) electrons. The molecule has 0 aromatic carbocycles. The molecule has 0 atom stereocenters. The summed E-state index contributed by atoms with van der Waals surface area (Å²) >= 11 is 8.52. The van der Waals surface area contributed by atoms with Crippen LogP contribution < -0.4 is 5.73 Å². The molecule has 0 saturated heterocycles. The fourth-order valence-corrected chi connectivity index (χ4v) is 1.46. The van der Waals surface area contributed by atoms with Crippen molar-refractivity contribution < 1.29 is 10.2 Å². The van der Waals surface area contributed by atoms with Gasteiger partial charge in [-0.05, 0) is 52.1 Å². The molecule has 0 bridgehead atoms. The third-order valence-corrected chi connectivity index (χ3v) is 1.54. The Morgan fingerprint density at radius 3 is 1.27 bits per heavy atom. The average molecular weight is 262 g/mol. The van der Waals surface area contributed by atoms with Crippen molar-refractivity contribution in [2.75, 3.05) is 0 Å². The minimum atomic E-state index is -0.500. The summed E-state index contributed by atoms with van der Waals surface area (Å²) < 4.78 is 0. The molecule has 0 fully saturated rings. The molecule has 0 aliphatic carbocycles. The Bertz CT molecular complexity index is 189. The van der Waals surface area contributed by atoms with Gasteiger partial charge in [-0.25, -0.2) is 0 Å². The van der Waals surface area contributed by atoms with E-state index in [1.54, 1.807) is 4.90 Å². The van der Waals surface area contributed by atoms with E-state index in [0.29, 0.717) is 0 Å². The average Bonchev–Trinajstić information content (AvgIpc) is 1.80. The van der Waals surface area contributed by atoms with Crippen molar-refractivity contribution in [1.29, 1.82) is 0 Å². The van der Waals surface area contributed by atoms with Crippen LogP contribution in [0.3, 0.4) is 0 Å². The number of aliphatic hydroxyl groups is 2. The molecule has 0 heterocycles. The number of thiocarbonyl (C=S) groups is 2.